The van der Waals surface area contributed by atoms with Crippen LogP contribution in [0.1, 0.15) is 98.3 Å². The van der Waals surface area contributed by atoms with Gasteiger partial charge in [-0.05, 0) is 103 Å². The van der Waals surface area contributed by atoms with E-state index in [1.807, 2.05) is 6.92 Å². The van der Waals surface area contributed by atoms with Gasteiger partial charge in [-0.3, -0.25) is 9.59 Å². The maximum absolute atomic E-state index is 12.2. The summed E-state index contributed by atoms with van der Waals surface area (Å²) in [7, 11) is 0. The zero-order valence-electron chi connectivity index (χ0n) is 20.0. The maximum atomic E-state index is 12.2. The van der Waals surface area contributed by atoms with Crippen LogP contribution in [0.25, 0.3) is 0 Å². The van der Waals surface area contributed by atoms with E-state index in [1.165, 1.54) is 25.7 Å². The van der Waals surface area contributed by atoms with Gasteiger partial charge in [0.2, 0.25) is 0 Å². The van der Waals surface area contributed by atoms with Crippen LogP contribution in [-0.4, -0.2) is 27.6 Å². The van der Waals surface area contributed by atoms with E-state index in [0.717, 1.165) is 24.1 Å². The highest BCUT2D eigenvalue weighted by Crippen LogP contribution is 2.68. The van der Waals surface area contributed by atoms with E-state index in [4.69, 9.17) is 12.2 Å². The van der Waals surface area contributed by atoms with Crippen molar-refractivity contribution in [3.05, 3.63) is 0 Å². The molecule has 0 heterocycles. The lowest BCUT2D eigenvalue weighted by Gasteiger charge is -2.61. The Morgan fingerprint density at radius 1 is 1.13 bits per heavy atom. The van der Waals surface area contributed by atoms with Crippen LogP contribution in [0.4, 0.5) is 0 Å². The van der Waals surface area contributed by atoms with Gasteiger partial charge in [-0.1, -0.05) is 33.0 Å². The van der Waals surface area contributed by atoms with Crippen molar-refractivity contribution >= 4 is 28.6 Å². The molecule has 4 rings (SSSR count). The van der Waals surface area contributed by atoms with Gasteiger partial charge in [0.1, 0.15) is 11.6 Å². The first-order chi connectivity index (χ1) is 14.6. The van der Waals surface area contributed by atoms with Gasteiger partial charge in [0.25, 0.3) is 0 Å². The Labute approximate surface area is 194 Å². The molecular weight excluding hydrogens is 404 g/mol. The molecule has 31 heavy (non-hydrogen) atoms. The fraction of sp³-hybridized carbons (Fsp3) is 0.889. The summed E-state index contributed by atoms with van der Waals surface area (Å²) >= 11 is 5.11. The Hall–Kier alpha value is -0.610. The second-order valence-corrected chi connectivity index (χ2v) is 12.9. The fourth-order valence-electron chi connectivity index (χ4n) is 9.02. The van der Waals surface area contributed by atoms with Crippen molar-refractivity contribution in [2.75, 3.05) is 0 Å². The quantitative estimate of drug-likeness (QED) is 0.512. The first-order valence-electron chi connectivity index (χ1n) is 12.8. The van der Waals surface area contributed by atoms with Gasteiger partial charge in [-0.25, -0.2) is 0 Å². The summed E-state index contributed by atoms with van der Waals surface area (Å²) in [4.78, 5) is 25.2. The number of aliphatic hydroxyl groups excluding tert-OH is 1. The molecule has 4 fully saturated rings. The van der Waals surface area contributed by atoms with Gasteiger partial charge in [-0.2, -0.15) is 0 Å². The number of carbonyl (C=O) groups is 2. The highest BCUT2D eigenvalue weighted by atomic mass is 32.1. The van der Waals surface area contributed by atoms with Gasteiger partial charge >= 0.3 is 0 Å². The third-order valence-electron chi connectivity index (χ3n) is 10.6. The second kappa shape index (κ2) is 8.63. The zero-order chi connectivity index (χ0) is 22.6. The van der Waals surface area contributed by atoms with Crippen molar-refractivity contribution in [2.24, 2.45) is 46.3 Å². The van der Waals surface area contributed by atoms with Crippen LogP contribution >= 0.6 is 12.2 Å². The molecule has 0 spiro atoms. The van der Waals surface area contributed by atoms with Crippen LogP contribution in [0.3, 0.4) is 0 Å². The van der Waals surface area contributed by atoms with Crippen LogP contribution in [0.15, 0.2) is 0 Å². The lowest BCUT2D eigenvalue weighted by atomic mass is 9.44. The molecule has 1 N–H and O–H groups in total. The van der Waals surface area contributed by atoms with E-state index in [9.17, 15) is 14.7 Å². The van der Waals surface area contributed by atoms with E-state index < -0.39 is 0 Å². The minimum Gasteiger partial charge on any atom is -0.393 e. The molecule has 3 nitrogen and oxygen atoms in total. The topological polar surface area (TPSA) is 54.4 Å². The summed E-state index contributed by atoms with van der Waals surface area (Å²) in [6.45, 7) is 9.15. The number of ketones is 2. The molecule has 4 aliphatic rings. The first kappa shape index (κ1) is 23.5. The van der Waals surface area contributed by atoms with Gasteiger partial charge in [0.15, 0.2) is 0 Å². The molecule has 4 heteroatoms. The Morgan fingerprint density at radius 2 is 1.84 bits per heavy atom. The maximum Gasteiger partial charge on any atom is 0.137 e. The van der Waals surface area contributed by atoms with Crippen molar-refractivity contribution in [3.8, 4) is 0 Å². The molecule has 9 atom stereocenters. The van der Waals surface area contributed by atoms with Crippen LogP contribution < -0.4 is 0 Å². The van der Waals surface area contributed by atoms with Crippen LogP contribution in [0.5, 0.6) is 0 Å². The largest absolute Gasteiger partial charge is 0.393 e. The van der Waals surface area contributed by atoms with E-state index in [0.29, 0.717) is 72.3 Å². The molecule has 174 valence electrons. The number of Topliss-reactive ketones (excluding diaryl/α,β-unsaturated/α-hetero) is 2. The predicted octanol–water partition coefficient (Wildman–Crippen LogP) is 5.95. The molecule has 7 unspecified atom stereocenters. The van der Waals surface area contributed by atoms with E-state index in [-0.39, 0.29) is 17.4 Å². The normalized spacial score (nSPS) is 45.4. The Balaban J connectivity index is 1.47. The highest BCUT2D eigenvalue weighted by molar-refractivity contribution is 7.80. The summed E-state index contributed by atoms with van der Waals surface area (Å²) < 4.78 is 0. The molecule has 0 saturated heterocycles. The van der Waals surface area contributed by atoms with Crippen molar-refractivity contribution < 1.29 is 14.7 Å². The van der Waals surface area contributed by atoms with Crippen molar-refractivity contribution in [1.29, 1.82) is 0 Å². The van der Waals surface area contributed by atoms with Crippen LogP contribution in [0, 0.1) is 46.3 Å². The minimum absolute atomic E-state index is 0.131. The van der Waals surface area contributed by atoms with Gasteiger partial charge in [0, 0.05) is 25.7 Å². The Bertz CT molecular complexity index is 747. The van der Waals surface area contributed by atoms with Crippen LogP contribution in [-0.2, 0) is 9.59 Å². The second-order valence-electron chi connectivity index (χ2n) is 12.2. The molecule has 0 aromatic carbocycles. The van der Waals surface area contributed by atoms with Crippen molar-refractivity contribution in [1.82, 2.24) is 0 Å². The van der Waals surface area contributed by atoms with E-state index in [2.05, 4.69) is 20.8 Å². The number of hydrogen-bond donors (Lipinski definition) is 1. The van der Waals surface area contributed by atoms with Crippen LogP contribution in [0.2, 0.25) is 0 Å². The molecular formula is C27H42O3S. The molecule has 0 aliphatic heterocycles. The van der Waals surface area contributed by atoms with Crippen molar-refractivity contribution in [2.45, 2.75) is 104 Å². The summed E-state index contributed by atoms with van der Waals surface area (Å²) in [5, 5.41) is 11.1. The lowest BCUT2D eigenvalue weighted by molar-refractivity contribution is -0.166. The third kappa shape index (κ3) is 4.09. The number of hydrogen-bond acceptors (Lipinski definition) is 4. The molecule has 4 saturated carbocycles. The molecule has 4 aliphatic carbocycles. The number of rotatable bonds is 6. The average molecular weight is 447 g/mol. The van der Waals surface area contributed by atoms with Gasteiger partial charge < -0.3 is 5.11 Å². The summed E-state index contributed by atoms with van der Waals surface area (Å²) in [5.74, 6) is 4.00. The monoisotopic (exact) mass is 446 g/mol. The first-order valence-corrected chi connectivity index (χ1v) is 13.2. The van der Waals surface area contributed by atoms with E-state index in [1.54, 1.807) is 0 Å². The van der Waals surface area contributed by atoms with Crippen molar-refractivity contribution in [3.63, 3.8) is 0 Å². The standard InChI is InChI=1S/C27H42O3S/c1-16(5-6-18(28)13-17(2)31)21-7-8-22-20-15-25(30)24-14-19(29)9-11-27(24,4)23(20)10-12-26(21,22)3/h16,20-25,30H,5-15H2,1-4H3/t16?,20?,21?,22?,23?,24-,25-,26?,27?/m0/s1. The zero-order valence-corrected chi connectivity index (χ0v) is 20.8. The Morgan fingerprint density at radius 3 is 2.55 bits per heavy atom. The summed E-state index contributed by atoms with van der Waals surface area (Å²) in [6.07, 6.45) is 10.00. The molecule has 0 radical (unpaired) electrons. The fourth-order valence-corrected chi connectivity index (χ4v) is 9.18. The Kier molecular flexibility index (Phi) is 6.55. The predicted molar refractivity (Wildman–Crippen MR) is 128 cm³/mol. The lowest BCUT2D eigenvalue weighted by Crippen LogP contribution is -2.58. The van der Waals surface area contributed by atoms with Gasteiger partial charge in [0.05, 0.1) is 6.10 Å². The number of carbonyl (C=O) groups excluding carboxylic acids is 2. The minimum atomic E-state index is -0.315. The van der Waals surface area contributed by atoms with Gasteiger partial charge in [-0.15, -0.1) is 0 Å². The van der Waals surface area contributed by atoms with E-state index >= 15 is 0 Å². The highest BCUT2D eigenvalue weighted by Gasteiger charge is 2.62. The smallest absolute Gasteiger partial charge is 0.137 e. The SMILES string of the molecule is CC(=S)CC(=O)CCC(C)C1CCC2C3C[C@H](O)[C@@H]4CC(=O)CCC4(C)C3CCC12C. The number of thiocarbonyl (C=S) groups is 1. The average Bonchev–Trinajstić information content (AvgIpc) is 3.04. The summed E-state index contributed by atoms with van der Waals surface area (Å²) in [6, 6.07) is 0. The number of aliphatic hydroxyl groups is 1. The molecule has 0 bridgehead atoms. The third-order valence-corrected chi connectivity index (χ3v) is 10.7. The number of fused-ring (bicyclic) bond motifs is 5. The molecule has 0 aromatic heterocycles. The molecule has 0 amide bonds. The summed E-state index contributed by atoms with van der Waals surface area (Å²) in [5.41, 5.74) is 0.462. The molecule has 0 aromatic rings.